The molecule has 1 aromatic heterocycles. The summed E-state index contributed by atoms with van der Waals surface area (Å²) in [6.07, 6.45) is 14.2. The van der Waals surface area contributed by atoms with E-state index in [1.54, 1.807) is 0 Å². The molecular formula is C16H27N. The second-order valence-corrected chi connectivity index (χ2v) is 5.05. The fourth-order valence-corrected chi connectivity index (χ4v) is 2.18. The summed E-state index contributed by atoms with van der Waals surface area (Å²) < 4.78 is 0. The maximum atomic E-state index is 4.40. The fourth-order valence-electron chi connectivity index (χ4n) is 2.18. The first-order chi connectivity index (χ1) is 8.33. The number of rotatable bonds is 9. The van der Waals surface area contributed by atoms with Crippen LogP contribution in [0.2, 0.25) is 0 Å². The third kappa shape index (κ3) is 7.14. The van der Waals surface area contributed by atoms with Gasteiger partial charge in [-0.05, 0) is 37.5 Å². The van der Waals surface area contributed by atoms with Gasteiger partial charge >= 0.3 is 0 Å². The van der Waals surface area contributed by atoms with Gasteiger partial charge in [0.1, 0.15) is 0 Å². The molecule has 0 amide bonds. The zero-order valence-corrected chi connectivity index (χ0v) is 11.5. The van der Waals surface area contributed by atoms with Crippen LogP contribution < -0.4 is 0 Å². The standard InChI is InChI=1S/C16H27N/c1-3-4-5-6-7-8-9-10-11-16-14-15(2)12-13-17-16/h12-14H,3-11H2,1-2H3. The Hall–Kier alpha value is -0.850. The summed E-state index contributed by atoms with van der Waals surface area (Å²) in [4.78, 5) is 4.40. The van der Waals surface area contributed by atoms with Gasteiger partial charge in [0.15, 0.2) is 0 Å². The van der Waals surface area contributed by atoms with Gasteiger partial charge in [-0.3, -0.25) is 4.98 Å². The molecule has 0 spiro atoms. The molecule has 1 aromatic rings. The van der Waals surface area contributed by atoms with Crippen LogP contribution in [0.1, 0.15) is 69.5 Å². The van der Waals surface area contributed by atoms with Crippen molar-refractivity contribution in [3.63, 3.8) is 0 Å². The Kier molecular flexibility index (Phi) is 7.70. The zero-order valence-electron chi connectivity index (χ0n) is 11.5. The molecule has 0 saturated carbocycles. The topological polar surface area (TPSA) is 12.9 Å². The Morgan fingerprint density at radius 3 is 2.24 bits per heavy atom. The minimum absolute atomic E-state index is 1.15. The highest BCUT2D eigenvalue weighted by Crippen LogP contribution is 2.10. The molecule has 0 radical (unpaired) electrons. The quantitative estimate of drug-likeness (QED) is 0.542. The minimum Gasteiger partial charge on any atom is -0.261 e. The van der Waals surface area contributed by atoms with Gasteiger partial charge in [0.2, 0.25) is 0 Å². The van der Waals surface area contributed by atoms with Gasteiger partial charge in [0.05, 0.1) is 0 Å². The lowest BCUT2D eigenvalue weighted by Crippen LogP contribution is -1.91. The molecule has 1 heteroatoms. The summed E-state index contributed by atoms with van der Waals surface area (Å²) in [6.45, 7) is 4.41. The first-order valence-corrected chi connectivity index (χ1v) is 7.24. The van der Waals surface area contributed by atoms with Gasteiger partial charge in [0, 0.05) is 11.9 Å². The van der Waals surface area contributed by atoms with E-state index in [0.29, 0.717) is 0 Å². The number of nitrogens with zero attached hydrogens (tertiary/aromatic N) is 1. The molecule has 0 bridgehead atoms. The third-order valence-corrected chi connectivity index (χ3v) is 3.26. The van der Waals surface area contributed by atoms with Gasteiger partial charge in [0.25, 0.3) is 0 Å². The Labute approximate surface area is 107 Å². The molecule has 0 atom stereocenters. The van der Waals surface area contributed by atoms with Crippen molar-refractivity contribution < 1.29 is 0 Å². The number of pyridine rings is 1. The third-order valence-electron chi connectivity index (χ3n) is 3.26. The van der Waals surface area contributed by atoms with Gasteiger partial charge in [-0.25, -0.2) is 0 Å². The molecular weight excluding hydrogens is 206 g/mol. The van der Waals surface area contributed by atoms with Gasteiger partial charge in [-0.2, -0.15) is 0 Å². The molecule has 0 N–H and O–H groups in total. The van der Waals surface area contributed by atoms with E-state index >= 15 is 0 Å². The van der Waals surface area contributed by atoms with E-state index < -0.39 is 0 Å². The van der Waals surface area contributed by atoms with Crippen LogP contribution in [0.25, 0.3) is 0 Å². The number of hydrogen-bond acceptors (Lipinski definition) is 1. The predicted molar refractivity (Wildman–Crippen MR) is 75.3 cm³/mol. The lowest BCUT2D eigenvalue weighted by atomic mass is 10.1. The van der Waals surface area contributed by atoms with Crippen LogP contribution >= 0.6 is 0 Å². The molecule has 96 valence electrons. The Morgan fingerprint density at radius 2 is 1.59 bits per heavy atom. The number of hydrogen-bond donors (Lipinski definition) is 0. The van der Waals surface area contributed by atoms with Crippen LogP contribution in [-0.2, 0) is 6.42 Å². The zero-order chi connectivity index (χ0) is 12.3. The van der Waals surface area contributed by atoms with Gasteiger partial charge < -0.3 is 0 Å². The minimum atomic E-state index is 1.15. The predicted octanol–water partition coefficient (Wildman–Crippen LogP) is 5.07. The molecule has 0 fully saturated rings. The molecule has 0 aromatic carbocycles. The molecule has 0 unspecified atom stereocenters. The average molecular weight is 233 g/mol. The Morgan fingerprint density at radius 1 is 0.941 bits per heavy atom. The van der Waals surface area contributed by atoms with E-state index in [-0.39, 0.29) is 0 Å². The van der Waals surface area contributed by atoms with Crippen molar-refractivity contribution in [2.45, 2.75) is 71.6 Å². The van der Waals surface area contributed by atoms with Crippen LogP contribution in [0, 0.1) is 6.92 Å². The first kappa shape index (κ1) is 14.2. The van der Waals surface area contributed by atoms with Crippen molar-refractivity contribution in [3.8, 4) is 0 Å². The highest BCUT2D eigenvalue weighted by atomic mass is 14.7. The molecule has 0 aliphatic rings. The largest absolute Gasteiger partial charge is 0.261 e. The molecule has 0 aliphatic heterocycles. The van der Waals surface area contributed by atoms with E-state index in [0.717, 1.165) is 6.42 Å². The summed E-state index contributed by atoms with van der Waals surface area (Å²) in [5, 5.41) is 0. The number of aromatic nitrogens is 1. The molecule has 1 nitrogen and oxygen atoms in total. The van der Waals surface area contributed by atoms with Crippen LogP contribution in [0.4, 0.5) is 0 Å². The summed E-state index contributed by atoms with van der Waals surface area (Å²) in [7, 11) is 0. The van der Waals surface area contributed by atoms with Crippen LogP contribution in [0.5, 0.6) is 0 Å². The van der Waals surface area contributed by atoms with Crippen molar-refractivity contribution in [2.75, 3.05) is 0 Å². The molecule has 1 rings (SSSR count). The monoisotopic (exact) mass is 233 g/mol. The molecule has 17 heavy (non-hydrogen) atoms. The summed E-state index contributed by atoms with van der Waals surface area (Å²) in [5.74, 6) is 0. The molecule has 0 saturated heterocycles. The van der Waals surface area contributed by atoms with E-state index in [4.69, 9.17) is 0 Å². The number of aryl methyl sites for hydroxylation is 2. The maximum Gasteiger partial charge on any atom is 0.0406 e. The van der Waals surface area contributed by atoms with E-state index in [1.165, 1.54) is 62.6 Å². The Balaban J connectivity index is 1.97. The smallest absolute Gasteiger partial charge is 0.0406 e. The van der Waals surface area contributed by atoms with Gasteiger partial charge in [-0.1, -0.05) is 51.9 Å². The van der Waals surface area contributed by atoms with Crippen LogP contribution in [-0.4, -0.2) is 4.98 Å². The fraction of sp³-hybridized carbons (Fsp3) is 0.688. The van der Waals surface area contributed by atoms with E-state index in [9.17, 15) is 0 Å². The van der Waals surface area contributed by atoms with Gasteiger partial charge in [-0.15, -0.1) is 0 Å². The Bertz CT molecular complexity index is 293. The van der Waals surface area contributed by atoms with Crippen molar-refractivity contribution in [1.82, 2.24) is 4.98 Å². The summed E-state index contributed by atoms with van der Waals surface area (Å²) >= 11 is 0. The lowest BCUT2D eigenvalue weighted by molar-refractivity contribution is 0.574. The average Bonchev–Trinajstić information content (AvgIpc) is 2.33. The summed E-state index contributed by atoms with van der Waals surface area (Å²) in [6, 6.07) is 4.28. The second-order valence-electron chi connectivity index (χ2n) is 5.05. The van der Waals surface area contributed by atoms with Crippen LogP contribution in [0.15, 0.2) is 18.3 Å². The number of unbranched alkanes of at least 4 members (excludes halogenated alkanes) is 7. The van der Waals surface area contributed by atoms with Crippen molar-refractivity contribution in [3.05, 3.63) is 29.6 Å². The normalized spacial score (nSPS) is 10.7. The highest BCUT2D eigenvalue weighted by molar-refractivity contribution is 5.14. The second kappa shape index (κ2) is 9.21. The molecule has 0 aliphatic carbocycles. The van der Waals surface area contributed by atoms with Crippen molar-refractivity contribution >= 4 is 0 Å². The molecule has 1 heterocycles. The lowest BCUT2D eigenvalue weighted by Gasteiger charge is -2.02. The van der Waals surface area contributed by atoms with E-state index in [2.05, 4.69) is 31.0 Å². The summed E-state index contributed by atoms with van der Waals surface area (Å²) in [5.41, 5.74) is 2.59. The first-order valence-electron chi connectivity index (χ1n) is 7.24. The van der Waals surface area contributed by atoms with Crippen LogP contribution in [0.3, 0.4) is 0 Å². The van der Waals surface area contributed by atoms with Crippen molar-refractivity contribution in [2.24, 2.45) is 0 Å². The SMILES string of the molecule is CCCCCCCCCCc1cc(C)ccn1. The highest BCUT2D eigenvalue weighted by Gasteiger charge is 1.96. The van der Waals surface area contributed by atoms with Crippen molar-refractivity contribution in [1.29, 1.82) is 0 Å². The maximum absolute atomic E-state index is 4.40. The van der Waals surface area contributed by atoms with E-state index in [1.807, 2.05) is 6.20 Å².